The van der Waals surface area contributed by atoms with E-state index in [4.69, 9.17) is 12.2 Å². The Morgan fingerprint density at radius 1 is 1.50 bits per heavy atom. The summed E-state index contributed by atoms with van der Waals surface area (Å²) in [6.45, 7) is 0.176. The van der Waals surface area contributed by atoms with Gasteiger partial charge >= 0.3 is 0 Å². The summed E-state index contributed by atoms with van der Waals surface area (Å²) in [6.07, 6.45) is 2.66. The van der Waals surface area contributed by atoms with Crippen molar-refractivity contribution in [2.45, 2.75) is 12.5 Å². The fraction of sp³-hybridized carbons (Fsp3) is 0.667. The molecule has 0 aliphatic carbocycles. The third-order valence-corrected chi connectivity index (χ3v) is 2.63. The minimum Gasteiger partial charge on any atom is -0.390 e. The molecule has 1 rings (SSSR count). The molecule has 0 amide bonds. The van der Waals surface area contributed by atoms with Gasteiger partial charge in [-0.1, -0.05) is 0 Å². The monoisotopic (exact) mass is 216 g/mol. The summed E-state index contributed by atoms with van der Waals surface area (Å²) in [4.78, 5) is 5.97. The molecule has 1 atom stereocenters. The van der Waals surface area contributed by atoms with Gasteiger partial charge in [-0.2, -0.15) is 0 Å². The molecule has 4 nitrogen and oxygen atoms in total. The van der Waals surface area contributed by atoms with Crippen LogP contribution in [0.5, 0.6) is 0 Å². The largest absolute Gasteiger partial charge is 0.390 e. The number of hydrogen-bond donors (Lipinski definition) is 3. The summed E-state index contributed by atoms with van der Waals surface area (Å²) in [5.41, 5.74) is 1.04. The summed E-state index contributed by atoms with van der Waals surface area (Å²) < 4.78 is 1.38. The van der Waals surface area contributed by atoms with E-state index in [-0.39, 0.29) is 12.6 Å². The molecule has 1 aromatic heterocycles. The van der Waals surface area contributed by atoms with Crippen LogP contribution in [0.1, 0.15) is 5.69 Å². The van der Waals surface area contributed by atoms with E-state index in [0.29, 0.717) is 4.77 Å². The molecule has 0 spiro atoms. The van der Waals surface area contributed by atoms with E-state index < -0.39 is 0 Å². The van der Waals surface area contributed by atoms with Gasteiger partial charge in [0.2, 0.25) is 0 Å². The van der Waals surface area contributed by atoms with Gasteiger partial charge in [-0.05, 0) is 12.2 Å². The number of aromatic amines is 2. The number of aliphatic hydroxyl groups excluding tert-OH is 1. The molecule has 0 aliphatic rings. The maximum atomic E-state index is 9.26. The van der Waals surface area contributed by atoms with Crippen molar-refractivity contribution in [1.29, 1.82) is 0 Å². The van der Waals surface area contributed by atoms with E-state index in [1.54, 1.807) is 0 Å². The van der Waals surface area contributed by atoms with Gasteiger partial charge in [-0.25, -0.2) is 0 Å². The van der Waals surface area contributed by atoms with Crippen LogP contribution in [0.3, 0.4) is 0 Å². The van der Waals surface area contributed by atoms with Crippen molar-refractivity contribution in [1.82, 2.24) is 9.97 Å². The molecular weight excluding hydrogens is 198 g/mol. The Morgan fingerprint density at radius 2 is 2.14 bits per heavy atom. The Balaban J connectivity index is 2.71. The lowest BCUT2D eigenvalue weighted by Crippen LogP contribution is -2.48. The van der Waals surface area contributed by atoms with E-state index in [0.717, 1.165) is 16.6 Å². The zero-order chi connectivity index (χ0) is 10.8. The zero-order valence-corrected chi connectivity index (χ0v) is 9.69. The van der Waals surface area contributed by atoms with Gasteiger partial charge in [-0.15, -0.1) is 0 Å². The van der Waals surface area contributed by atoms with Gasteiger partial charge in [-0.3, -0.25) is 0 Å². The van der Waals surface area contributed by atoms with Crippen molar-refractivity contribution in [2.75, 3.05) is 27.7 Å². The molecule has 0 aromatic carbocycles. The minimum absolute atomic E-state index is 0.176. The molecule has 1 aromatic rings. The van der Waals surface area contributed by atoms with E-state index >= 15 is 0 Å². The zero-order valence-electron chi connectivity index (χ0n) is 8.87. The fourth-order valence-corrected chi connectivity index (χ4v) is 1.51. The van der Waals surface area contributed by atoms with Crippen LogP contribution in [0.25, 0.3) is 0 Å². The first-order valence-corrected chi connectivity index (χ1v) is 5.03. The molecule has 1 unspecified atom stereocenters. The summed E-state index contributed by atoms with van der Waals surface area (Å²) in [6, 6.07) is 0.191. The smallest absolute Gasteiger partial charge is 0.174 e. The summed E-state index contributed by atoms with van der Waals surface area (Å²) in [7, 11) is 6.21. The highest BCUT2D eigenvalue weighted by Gasteiger charge is 2.23. The number of nitrogens with one attached hydrogen (secondary N) is 2. The molecule has 0 radical (unpaired) electrons. The van der Waals surface area contributed by atoms with Crippen LogP contribution in [-0.2, 0) is 6.42 Å². The number of quaternary nitrogens is 1. The Hall–Kier alpha value is -0.650. The predicted molar refractivity (Wildman–Crippen MR) is 58.6 cm³/mol. The normalized spacial score (nSPS) is 14.3. The van der Waals surface area contributed by atoms with Crippen LogP contribution in [0.15, 0.2) is 6.20 Å². The number of rotatable bonds is 4. The van der Waals surface area contributed by atoms with Crippen LogP contribution >= 0.6 is 12.2 Å². The first-order chi connectivity index (χ1) is 6.43. The number of hydrogen-bond acceptors (Lipinski definition) is 2. The quantitative estimate of drug-likeness (QED) is 0.512. The third-order valence-electron chi connectivity index (χ3n) is 2.41. The van der Waals surface area contributed by atoms with Crippen LogP contribution in [-0.4, -0.2) is 53.3 Å². The molecule has 0 fully saturated rings. The van der Waals surface area contributed by atoms with Gasteiger partial charge in [0.15, 0.2) is 4.77 Å². The van der Waals surface area contributed by atoms with Crippen molar-refractivity contribution in [3.05, 3.63) is 16.7 Å². The topological polar surface area (TPSA) is 51.8 Å². The van der Waals surface area contributed by atoms with Gasteiger partial charge in [0, 0.05) is 18.3 Å². The van der Waals surface area contributed by atoms with Crippen LogP contribution in [0.2, 0.25) is 0 Å². The highest BCUT2D eigenvalue weighted by molar-refractivity contribution is 7.71. The lowest BCUT2D eigenvalue weighted by atomic mass is 10.1. The lowest BCUT2D eigenvalue weighted by molar-refractivity contribution is -0.896. The van der Waals surface area contributed by atoms with Crippen molar-refractivity contribution in [2.24, 2.45) is 0 Å². The standard InChI is InChI=1S/C9H17N3OS/c1-12(2,3)8(6-13)4-7-5-10-9(14)11-7/h5,8,13H,4,6H2,1-3H3,(H-,10,11,14)/p+1. The number of aliphatic hydroxyl groups is 1. The lowest BCUT2D eigenvalue weighted by Gasteiger charge is -2.32. The highest BCUT2D eigenvalue weighted by Crippen LogP contribution is 2.08. The average molecular weight is 216 g/mol. The number of likely N-dealkylation sites (N-methyl/N-ethyl adjacent to an activating group) is 1. The average Bonchev–Trinajstić information content (AvgIpc) is 2.45. The van der Waals surface area contributed by atoms with E-state index in [1.165, 1.54) is 0 Å². The molecule has 14 heavy (non-hydrogen) atoms. The summed E-state index contributed by atoms with van der Waals surface area (Å²) in [5.74, 6) is 0. The number of aromatic nitrogens is 2. The van der Waals surface area contributed by atoms with Gasteiger partial charge in [0.25, 0.3) is 0 Å². The van der Waals surface area contributed by atoms with Crippen molar-refractivity contribution in [3.8, 4) is 0 Å². The van der Waals surface area contributed by atoms with E-state index in [9.17, 15) is 5.11 Å². The van der Waals surface area contributed by atoms with Crippen LogP contribution < -0.4 is 0 Å². The Kier molecular flexibility index (Phi) is 3.47. The Bertz CT molecular complexity index is 336. The maximum Gasteiger partial charge on any atom is 0.174 e. The molecule has 0 saturated carbocycles. The van der Waals surface area contributed by atoms with Crippen LogP contribution in [0, 0.1) is 4.77 Å². The van der Waals surface area contributed by atoms with Crippen molar-refractivity contribution in [3.63, 3.8) is 0 Å². The van der Waals surface area contributed by atoms with Crippen LogP contribution in [0.4, 0.5) is 0 Å². The number of nitrogens with zero attached hydrogens (tertiary/aromatic N) is 1. The second-order valence-corrected chi connectivity index (χ2v) is 4.83. The second kappa shape index (κ2) is 4.25. The molecule has 0 saturated heterocycles. The molecule has 80 valence electrons. The molecule has 0 aliphatic heterocycles. The Morgan fingerprint density at radius 3 is 2.50 bits per heavy atom. The van der Waals surface area contributed by atoms with Crippen molar-refractivity contribution >= 4 is 12.2 Å². The minimum atomic E-state index is 0.176. The SMILES string of the molecule is C[N+](C)(C)C(CO)Cc1c[nH]c(=S)[nH]1. The molecule has 1 heterocycles. The third kappa shape index (κ3) is 2.94. The molecule has 3 N–H and O–H groups in total. The highest BCUT2D eigenvalue weighted by atomic mass is 32.1. The van der Waals surface area contributed by atoms with Gasteiger partial charge < -0.3 is 19.6 Å². The maximum absolute atomic E-state index is 9.26. The Labute approximate surface area is 89.2 Å². The second-order valence-electron chi connectivity index (χ2n) is 4.42. The molecule has 0 bridgehead atoms. The first kappa shape index (κ1) is 11.4. The summed E-state index contributed by atoms with van der Waals surface area (Å²) in [5, 5.41) is 9.26. The van der Waals surface area contributed by atoms with E-state index in [2.05, 4.69) is 31.1 Å². The van der Waals surface area contributed by atoms with Gasteiger partial charge in [0.05, 0.1) is 27.7 Å². The van der Waals surface area contributed by atoms with Crippen molar-refractivity contribution < 1.29 is 9.59 Å². The fourth-order valence-electron chi connectivity index (χ4n) is 1.32. The molecular formula is C9H18N3OS+. The number of H-pyrrole nitrogens is 2. The summed E-state index contributed by atoms with van der Waals surface area (Å²) >= 11 is 4.94. The molecule has 5 heteroatoms. The first-order valence-electron chi connectivity index (χ1n) is 4.62. The number of imidazole rings is 1. The van der Waals surface area contributed by atoms with Gasteiger partial charge in [0.1, 0.15) is 6.04 Å². The van der Waals surface area contributed by atoms with E-state index in [1.807, 2.05) is 6.20 Å². The predicted octanol–water partition coefficient (Wildman–Crippen LogP) is 0.682.